The van der Waals surface area contributed by atoms with E-state index in [-0.39, 0.29) is 11.4 Å². The van der Waals surface area contributed by atoms with Crippen LogP contribution in [0, 0.1) is 27.8 Å². The number of benzene rings is 1. The molecule has 1 aromatic rings. The third-order valence-electron chi connectivity index (χ3n) is 1.60. The zero-order valence-corrected chi connectivity index (χ0v) is 8.21. The van der Waals surface area contributed by atoms with Crippen molar-refractivity contribution in [3.8, 4) is 11.8 Å². The molecular formula is C9H6ClFN2O2. The summed E-state index contributed by atoms with van der Waals surface area (Å²) in [7, 11) is 0. The van der Waals surface area contributed by atoms with E-state index < -0.39 is 22.1 Å². The molecule has 6 heteroatoms. The predicted molar refractivity (Wildman–Crippen MR) is 55.1 cm³/mol. The molecule has 0 atom stereocenters. The average Bonchev–Trinajstić information content (AvgIpc) is 2.19. The summed E-state index contributed by atoms with van der Waals surface area (Å²) in [6.07, 6.45) is 0. The Morgan fingerprint density at radius 1 is 1.60 bits per heavy atom. The summed E-state index contributed by atoms with van der Waals surface area (Å²) in [4.78, 5) is 9.73. The summed E-state index contributed by atoms with van der Waals surface area (Å²) in [5.41, 5.74) is 4.38. The van der Waals surface area contributed by atoms with Crippen LogP contribution in [0.5, 0.6) is 0 Å². The molecule has 1 rings (SSSR count). The van der Waals surface area contributed by atoms with Crippen molar-refractivity contribution in [1.82, 2.24) is 0 Å². The maximum absolute atomic E-state index is 13.1. The summed E-state index contributed by atoms with van der Waals surface area (Å²) >= 11 is 5.30. The molecular weight excluding hydrogens is 223 g/mol. The van der Waals surface area contributed by atoms with Gasteiger partial charge in [0.1, 0.15) is 5.69 Å². The van der Waals surface area contributed by atoms with Gasteiger partial charge in [0.25, 0.3) is 5.69 Å². The highest BCUT2D eigenvalue weighted by molar-refractivity contribution is 6.19. The summed E-state index contributed by atoms with van der Waals surface area (Å²) in [5.74, 6) is 4.15. The molecule has 0 aliphatic carbocycles. The molecule has 0 aliphatic heterocycles. The van der Waals surface area contributed by atoms with E-state index in [0.717, 1.165) is 12.1 Å². The Morgan fingerprint density at radius 3 is 2.80 bits per heavy atom. The molecule has 0 heterocycles. The van der Waals surface area contributed by atoms with Gasteiger partial charge in [-0.2, -0.15) is 0 Å². The van der Waals surface area contributed by atoms with Crippen LogP contribution in [-0.2, 0) is 0 Å². The van der Waals surface area contributed by atoms with Gasteiger partial charge >= 0.3 is 0 Å². The van der Waals surface area contributed by atoms with E-state index in [1.165, 1.54) is 0 Å². The molecule has 0 fully saturated rings. The third kappa shape index (κ3) is 2.58. The average molecular weight is 229 g/mol. The lowest BCUT2D eigenvalue weighted by Gasteiger charge is -1.99. The Kier molecular flexibility index (Phi) is 3.47. The van der Waals surface area contributed by atoms with Gasteiger partial charge in [-0.1, -0.05) is 11.8 Å². The topological polar surface area (TPSA) is 69.2 Å². The van der Waals surface area contributed by atoms with Gasteiger partial charge in [0.15, 0.2) is 5.82 Å². The van der Waals surface area contributed by atoms with Gasteiger partial charge in [0, 0.05) is 11.6 Å². The van der Waals surface area contributed by atoms with Gasteiger partial charge in [-0.3, -0.25) is 10.1 Å². The molecule has 0 radical (unpaired) electrons. The van der Waals surface area contributed by atoms with Crippen LogP contribution in [0.25, 0.3) is 0 Å². The standard InChI is InChI=1S/C9H6ClFN2O2/c10-3-1-2-6-4-7(11)9(12)8(5-6)13(14)15/h4-5H,3,12H2. The lowest BCUT2D eigenvalue weighted by atomic mass is 10.1. The smallest absolute Gasteiger partial charge is 0.296 e. The number of alkyl halides is 1. The van der Waals surface area contributed by atoms with Crippen molar-refractivity contribution in [2.24, 2.45) is 0 Å². The molecule has 0 bridgehead atoms. The number of rotatable bonds is 1. The fourth-order valence-electron chi connectivity index (χ4n) is 0.962. The fraction of sp³-hybridized carbons (Fsp3) is 0.111. The van der Waals surface area contributed by atoms with Crippen LogP contribution < -0.4 is 5.73 Å². The molecule has 0 saturated heterocycles. The van der Waals surface area contributed by atoms with E-state index in [9.17, 15) is 14.5 Å². The zero-order valence-electron chi connectivity index (χ0n) is 7.46. The first-order chi connectivity index (χ1) is 7.06. The minimum absolute atomic E-state index is 0.0692. The molecule has 1 aromatic carbocycles. The van der Waals surface area contributed by atoms with Crippen LogP contribution in [-0.4, -0.2) is 10.8 Å². The van der Waals surface area contributed by atoms with E-state index in [0.29, 0.717) is 0 Å². The highest BCUT2D eigenvalue weighted by atomic mass is 35.5. The van der Waals surface area contributed by atoms with Crippen LogP contribution in [0.2, 0.25) is 0 Å². The molecule has 0 saturated carbocycles. The van der Waals surface area contributed by atoms with Crippen molar-refractivity contribution in [2.75, 3.05) is 11.6 Å². The number of nitro groups is 1. The van der Waals surface area contributed by atoms with E-state index in [2.05, 4.69) is 11.8 Å². The Hall–Kier alpha value is -1.80. The maximum Gasteiger partial charge on any atom is 0.296 e. The minimum atomic E-state index is -0.858. The predicted octanol–water partition coefficient (Wildman–Crippen LogP) is 1.91. The highest BCUT2D eigenvalue weighted by Gasteiger charge is 2.16. The van der Waals surface area contributed by atoms with Crippen molar-refractivity contribution >= 4 is 23.0 Å². The first kappa shape index (κ1) is 11.3. The number of hydrogen-bond acceptors (Lipinski definition) is 3. The SMILES string of the molecule is Nc1c(F)cc(C#CCCl)cc1[N+](=O)[O-]. The molecule has 2 N–H and O–H groups in total. The number of halogens is 2. The van der Waals surface area contributed by atoms with Crippen LogP contribution in [0.1, 0.15) is 5.56 Å². The zero-order chi connectivity index (χ0) is 11.4. The number of nitro benzene ring substituents is 1. The highest BCUT2D eigenvalue weighted by Crippen LogP contribution is 2.25. The first-order valence-electron chi connectivity index (χ1n) is 3.84. The van der Waals surface area contributed by atoms with Gasteiger partial charge in [-0.05, 0) is 6.07 Å². The van der Waals surface area contributed by atoms with Crippen LogP contribution >= 0.6 is 11.6 Å². The largest absolute Gasteiger partial charge is 0.391 e. The van der Waals surface area contributed by atoms with Crippen molar-refractivity contribution in [2.45, 2.75) is 0 Å². The van der Waals surface area contributed by atoms with Gasteiger partial charge < -0.3 is 5.73 Å². The van der Waals surface area contributed by atoms with E-state index >= 15 is 0 Å². The van der Waals surface area contributed by atoms with E-state index in [1.54, 1.807) is 0 Å². The molecule has 0 unspecified atom stereocenters. The number of nitrogens with zero attached hydrogens (tertiary/aromatic N) is 1. The normalized spacial score (nSPS) is 9.20. The summed E-state index contributed by atoms with van der Waals surface area (Å²) < 4.78 is 13.1. The second kappa shape index (κ2) is 4.62. The third-order valence-corrected chi connectivity index (χ3v) is 1.74. The summed E-state index contributed by atoms with van der Waals surface area (Å²) in [6, 6.07) is 2.14. The first-order valence-corrected chi connectivity index (χ1v) is 4.38. The fourth-order valence-corrected chi connectivity index (χ4v) is 1.03. The molecule has 0 aliphatic rings. The molecule has 0 aromatic heterocycles. The quantitative estimate of drug-likeness (QED) is 0.262. The molecule has 0 amide bonds. The Morgan fingerprint density at radius 2 is 2.27 bits per heavy atom. The minimum Gasteiger partial charge on any atom is -0.391 e. The second-order valence-electron chi connectivity index (χ2n) is 2.58. The van der Waals surface area contributed by atoms with Gasteiger partial charge in [0.05, 0.1) is 10.8 Å². The molecule has 78 valence electrons. The Bertz CT molecular complexity index is 465. The van der Waals surface area contributed by atoms with E-state index in [4.69, 9.17) is 17.3 Å². The Labute approximate surface area is 90.0 Å². The van der Waals surface area contributed by atoms with Crippen molar-refractivity contribution in [1.29, 1.82) is 0 Å². The number of anilines is 1. The lowest BCUT2D eigenvalue weighted by molar-refractivity contribution is -0.384. The van der Waals surface area contributed by atoms with Crippen LogP contribution in [0.3, 0.4) is 0 Å². The van der Waals surface area contributed by atoms with Crippen molar-refractivity contribution < 1.29 is 9.31 Å². The maximum atomic E-state index is 13.1. The number of nitrogens with two attached hydrogens (primary N) is 1. The van der Waals surface area contributed by atoms with E-state index in [1.807, 2.05) is 0 Å². The van der Waals surface area contributed by atoms with Crippen LogP contribution in [0.15, 0.2) is 12.1 Å². The summed E-state index contributed by atoms with van der Waals surface area (Å²) in [6.45, 7) is 0. The molecule has 0 spiro atoms. The van der Waals surface area contributed by atoms with Gasteiger partial charge in [-0.25, -0.2) is 4.39 Å². The summed E-state index contributed by atoms with van der Waals surface area (Å²) in [5, 5.41) is 10.5. The number of hydrogen-bond donors (Lipinski definition) is 1. The molecule has 15 heavy (non-hydrogen) atoms. The monoisotopic (exact) mass is 228 g/mol. The molecule has 4 nitrogen and oxygen atoms in total. The van der Waals surface area contributed by atoms with Crippen molar-refractivity contribution in [3.05, 3.63) is 33.6 Å². The number of nitrogen functional groups attached to an aromatic ring is 1. The van der Waals surface area contributed by atoms with Crippen molar-refractivity contribution in [3.63, 3.8) is 0 Å². The van der Waals surface area contributed by atoms with Gasteiger partial charge in [0.2, 0.25) is 0 Å². The lowest BCUT2D eigenvalue weighted by Crippen LogP contribution is -1.99. The van der Waals surface area contributed by atoms with Crippen LogP contribution in [0.4, 0.5) is 15.8 Å². The Balaban J connectivity index is 3.29. The second-order valence-corrected chi connectivity index (χ2v) is 2.85. The van der Waals surface area contributed by atoms with Gasteiger partial charge in [-0.15, -0.1) is 11.6 Å².